The Morgan fingerprint density at radius 1 is 1.15 bits per heavy atom. The maximum atomic E-state index is 11.7. The highest BCUT2D eigenvalue weighted by atomic mass is 16.4. The Morgan fingerprint density at radius 2 is 1.75 bits per heavy atom. The molecule has 100 valence electrons. The van der Waals surface area contributed by atoms with Crippen molar-refractivity contribution in [2.75, 3.05) is 5.32 Å². The van der Waals surface area contributed by atoms with Crippen molar-refractivity contribution in [2.24, 2.45) is 0 Å². The molecule has 2 aromatic carbocycles. The first kappa shape index (κ1) is 13.6. The number of nitrogens with zero attached hydrogens (tertiary/aromatic N) is 1. The monoisotopic (exact) mass is 266 g/mol. The molecule has 0 fully saturated rings. The Kier molecular flexibility index (Phi) is 3.72. The molecule has 4 nitrogen and oxygen atoms in total. The van der Waals surface area contributed by atoms with Gasteiger partial charge in [0, 0.05) is 0 Å². The van der Waals surface area contributed by atoms with Gasteiger partial charge in [-0.3, -0.25) is 0 Å². The standard InChI is InChI=1S/C16H14N2O2/c1-16(15(19)20,13-8-3-2-4-9-13)18-14-10-6-5-7-12(14)11-17/h2-10,18H,1H3,(H,19,20). The number of nitriles is 1. The highest BCUT2D eigenvalue weighted by Gasteiger charge is 2.35. The van der Waals surface area contributed by atoms with E-state index in [-0.39, 0.29) is 0 Å². The van der Waals surface area contributed by atoms with Crippen LogP contribution < -0.4 is 5.32 Å². The van der Waals surface area contributed by atoms with Crippen LogP contribution in [0.2, 0.25) is 0 Å². The lowest BCUT2D eigenvalue weighted by Crippen LogP contribution is -2.40. The van der Waals surface area contributed by atoms with Gasteiger partial charge in [0.15, 0.2) is 5.54 Å². The molecule has 0 aromatic heterocycles. The number of hydrogen-bond donors (Lipinski definition) is 2. The molecule has 2 rings (SSSR count). The normalized spacial score (nSPS) is 13.0. The minimum Gasteiger partial charge on any atom is -0.479 e. The van der Waals surface area contributed by atoms with Crippen molar-refractivity contribution in [3.8, 4) is 6.07 Å². The van der Waals surface area contributed by atoms with Gasteiger partial charge in [0.2, 0.25) is 0 Å². The van der Waals surface area contributed by atoms with Crippen LogP contribution in [0.3, 0.4) is 0 Å². The van der Waals surface area contributed by atoms with Crippen molar-refractivity contribution < 1.29 is 9.90 Å². The first-order valence-corrected chi connectivity index (χ1v) is 6.14. The van der Waals surface area contributed by atoms with E-state index < -0.39 is 11.5 Å². The van der Waals surface area contributed by atoms with Gasteiger partial charge in [-0.1, -0.05) is 42.5 Å². The maximum Gasteiger partial charge on any atom is 0.333 e. The third kappa shape index (κ3) is 2.47. The van der Waals surface area contributed by atoms with E-state index >= 15 is 0 Å². The number of carboxylic acid groups (broad SMARTS) is 1. The van der Waals surface area contributed by atoms with Crippen LogP contribution >= 0.6 is 0 Å². The Bertz CT molecular complexity index is 662. The molecule has 0 saturated heterocycles. The zero-order valence-corrected chi connectivity index (χ0v) is 11.0. The van der Waals surface area contributed by atoms with E-state index in [0.717, 1.165) is 0 Å². The van der Waals surface area contributed by atoms with Crippen LogP contribution in [0.1, 0.15) is 18.1 Å². The number of rotatable bonds is 4. The summed E-state index contributed by atoms with van der Waals surface area (Å²) >= 11 is 0. The van der Waals surface area contributed by atoms with Gasteiger partial charge in [0.05, 0.1) is 11.3 Å². The molecule has 1 unspecified atom stereocenters. The summed E-state index contributed by atoms with van der Waals surface area (Å²) in [5.74, 6) is -1.00. The third-order valence-electron chi connectivity index (χ3n) is 3.21. The average Bonchev–Trinajstić information content (AvgIpc) is 2.48. The summed E-state index contributed by atoms with van der Waals surface area (Å²) in [6, 6.07) is 17.8. The summed E-state index contributed by atoms with van der Waals surface area (Å²) in [5, 5.41) is 21.6. The Labute approximate surface area is 117 Å². The van der Waals surface area contributed by atoms with Gasteiger partial charge in [0.25, 0.3) is 0 Å². The van der Waals surface area contributed by atoms with Crippen LogP contribution in [-0.4, -0.2) is 11.1 Å². The lowest BCUT2D eigenvalue weighted by Gasteiger charge is -2.28. The van der Waals surface area contributed by atoms with Crippen molar-refractivity contribution in [1.82, 2.24) is 0 Å². The molecule has 0 bridgehead atoms. The lowest BCUT2D eigenvalue weighted by molar-refractivity contribution is -0.142. The van der Waals surface area contributed by atoms with Crippen molar-refractivity contribution in [3.05, 3.63) is 65.7 Å². The fourth-order valence-corrected chi connectivity index (χ4v) is 1.98. The molecule has 20 heavy (non-hydrogen) atoms. The lowest BCUT2D eigenvalue weighted by atomic mass is 9.91. The van der Waals surface area contributed by atoms with E-state index in [1.54, 1.807) is 55.5 Å². The van der Waals surface area contributed by atoms with Crippen molar-refractivity contribution in [3.63, 3.8) is 0 Å². The summed E-state index contributed by atoms with van der Waals surface area (Å²) in [7, 11) is 0. The Hall–Kier alpha value is -2.80. The number of benzene rings is 2. The molecule has 2 N–H and O–H groups in total. The molecule has 0 aliphatic rings. The number of carbonyl (C=O) groups is 1. The Balaban J connectivity index is 2.46. The first-order valence-electron chi connectivity index (χ1n) is 6.14. The van der Waals surface area contributed by atoms with E-state index in [0.29, 0.717) is 16.8 Å². The van der Waals surface area contributed by atoms with E-state index in [1.165, 1.54) is 0 Å². The van der Waals surface area contributed by atoms with Crippen LogP contribution in [0.5, 0.6) is 0 Å². The van der Waals surface area contributed by atoms with Gasteiger partial charge in [-0.25, -0.2) is 4.79 Å². The predicted molar refractivity (Wildman–Crippen MR) is 76.2 cm³/mol. The minimum atomic E-state index is -1.30. The third-order valence-corrected chi connectivity index (χ3v) is 3.21. The fraction of sp³-hybridized carbons (Fsp3) is 0.125. The van der Waals surface area contributed by atoms with Gasteiger partial charge < -0.3 is 10.4 Å². The number of anilines is 1. The zero-order valence-electron chi connectivity index (χ0n) is 11.0. The molecule has 0 amide bonds. The van der Waals surface area contributed by atoms with E-state index in [4.69, 9.17) is 5.26 Å². The molecule has 0 radical (unpaired) electrons. The second kappa shape index (κ2) is 5.45. The molecule has 0 aliphatic carbocycles. The van der Waals surface area contributed by atoms with Gasteiger partial charge >= 0.3 is 5.97 Å². The van der Waals surface area contributed by atoms with Crippen LogP contribution in [-0.2, 0) is 10.3 Å². The summed E-state index contributed by atoms with van der Waals surface area (Å²) < 4.78 is 0. The summed E-state index contributed by atoms with van der Waals surface area (Å²) in [5.41, 5.74) is 0.244. The molecular weight excluding hydrogens is 252 g/mol. The first-order chi connectivity index (χ1) is 9.58. The largest absolute Gasteiger partial charge is 0.479 e. The zero-order chi connectivity index (χ0) is 14.6. The second-order valence-corrected chi connectivity index (χ2v) is 4.58. The van der Waals surface area contributed by atoms with E-state index in [9.17, 15) is 9.90 Å². The van der Waals surface area contributed by atoms with Crippen LogP contribution in [0.4, 0.5) is 5.69 Å². The number of aliphatic carboxylic acids is 1. The quantitative estimate of drug-likeness (QED) is 0.892. The number of hydrogen-bond acceptors (Lipinski definition) is 3. The topological polar surface area (TPSA) is 73.1 Å². The summed E-state index contributed by atoms with van der Waals surface area (Å²) in [4.78, 5) is 11.7. The second-order valence-electron chi connectivity index (χ2n) is 4.58. The predicted octanol–water partition coefficient (Wildman–Crippen LogP) is 2.97. The number of carboxylic acids is 1. The summed E-state index contributed by atoms with van der Waals surface area (Å²) in [6.07, 6.45) is 0. The molecule has 0 heterocycles. The maximum absolute atomic E-state index is 11.7. The van der Waals surface area contributed by atoms with E-state index in [1.807, 2.05) is 6.07 Å². The summed E-state index contributed by atoms with van der Waals surface area (Å²) in [6.45, 7) is 1.58. The minimum absolute atomic E-state index is 0.413. The molecule has 1 atom stereocenters. The van der Waals surface area contributed by atoms with E-state index in [2.05, 4.69) is 11.4 Å². The molecule has 0 aliphatic heterocycles. The average molecular weight is 266 g/mol. The highest BCUT2D eigenvalue weighted by Crippen LogP contribution is 2.28. The van der Waals surface area contributed by atoms with Crippen LogP contribution in [0.25, 0.3) is 0 Å². The molecular formula is C16H14N2O2. The van der Waals surface area contributed by atoms with Gasteiger partial charge in [-0.2, -0.15) is 5.26 Å². The van der Waals surface area contributed by atoms with Gasteiger partial charge in [-0.15, -0.1) is 0 Å². The molecule has 4 heteroatoms. The van der Waals surface area contributed by atoms with Crippen molar-refractivity contribution in [2.45, 2.75) is 12.5 Å². The number of nitrogens with one attached hydrogen (secondary N) is 1. The molecule has 0 spiro atoms. The fourth-order valence-electron chi connectivity index (χ4n) is 1.98. The molecule has 2 aromatic rings. The van der Waals surface area contributed by atoms with Crippen LogP contribution in [0, 0.1) is 11.3 Å². The Morgan fingerprint density at radius 3 is 2.35 bits per heavy atom. The SMILES string of the molecule is CC(Nc1ccccc1C#N)(C(=O)O)c1ccccc1. The van der Waals surface area contributed by atoms with Gasteiger partial charge in [-0.05, 0) is 24.6 Å². The van der Waals surface area contributed by atoms with Crippen molar-refractivity contribution in [1.29, 1.82) is 5.26 Å². The van der Waals surface area contributed by atoms with Crippen molar-refractivity contribution >= 4 is 11.7 Å². The van der Waals surface area contributed by atoms with Crippen LogP contribution in [0.15, 0.2) is 54.6 Å². The van der Waals surface area contributed by atoms with Gasteiger partial charge in [0.1, 0.15) is 6.07 Å². The smallest absolute Gasteiger partial charge is 0.333 e. The number of para-hydroxylation sites is 1. The molecule has 0 saturated carbocycles. The highest BCUT2D eigenvalue weighted by molar-refractivity contribution is 5.84.